The summed E-state index contributed by atoms with van der Waals surface area (Å²) in [5, 5.41) is 13.0. The lowest BCUT2D eigenvalue weighted by Gasteiger charge is -2.18. The standard InChI is InChI=1S/C13H10N2O6/c1-21-12(18)13(8-9(13)11(17)14-10(8)16)6-3-2-4-7(5-6)15(19)20/h2-5,8-9H,1H3,(H,14,16,17)/t8-,9+,13?. The molecule has 0 aromatic heterocycles. The minimum absolute atomic E-state index is 0.214. The molecule has 1 heterocycles. The number of esters is 1. The van der Waals surface area contributed by atoms with Crippen LogP contribution in [0, 0.1) is 22.0 Å². The second-order valence-corrected chi connectivity index (χ2v) is 4.98. The number of amides is 2. The molecule has 1 saturated carbocycles. The molecule has 21 heavy (non-hydrogen) atoms. The Labute approximate surface area is 118 Å². The third kappa shape index (κ3) is 1.52. The number of nitrogens with zero attached hydrogens (tertiary/aromatic N) is 1. The van der Waals surface area contributed by atoms with Gasteiger partial charge in [0.25, 0.3) is 5.69 Å². The molecular weight excluding hydrogens is 280 g/mol. The monoisotopic (exact) mass is 290 g/mol. The number of carbonyl (C=O) groups is 3. The fraction of sp³-hybridized carbons (Fsp3) is 0.308. The average Bonchev–Trinajstić information content (AvgIpc) is 3.09. The van der Waals surface area contributed by atoms with Crippen LogP contribution in [-0.2, 0) is 24.5 Å². The van der Waals surface area contributed by atoms with E-state index in [0.29, 0.717) is 0 Å². The second kappa shape index (κ2) is 4.11. The Morgan fingerprint density at radius 1 is 1.33 bits per heavy atom. The predicted octanol–water partition coefficient (Wildman–Crippen LogP) is -0.0920. The summed E-state index contributed by atoms with van der Waals surface area (Å²) in [6, 6.07) is 5.38. The first-order chi connectivity index (χ1) is 9.94. The van der Waals surface area contributed by atoms with Crippen LogP contribution >= 0.6 is 0 Å². The molecule has 3 rings (SSSR count). The zero-order valence-electron chi connectivity index (χ0n) is 10.9. The van der Waals surface area contributed by atoms with Crippen LogP contribution in [-0.4, -0.2) is 29.8 Å². The number of non-ortho nitro benzene ring substituents is 1. The molecule has 1 aromatic rings. The fourth-order valence-electron chi connectivity index (χ4n) is 3.16. The van der Waals surface area contributed by atoms with Gasteiger partial charge in [-0.3, -0.25) is 29.8 Å². The number of carbonyl (C=O) groups excluding carboxylic acids is 3. The van der Waals surface area contributed by atoms with E-state index < -0.39 is 40.0 Å². The van der Waals surface area contributed by atoms with Gasteiger partial charge in [0, 0.05) is 12.1 Å². The number of ether oxygens (including phenoxy) is 1. The minimum atomic E-state index is -1.44. The van der Waals surface area contributed by atoms with Crippen molar-refractivity contribution in [1.82, 2.24) is 5.32 Å². The van der Waals surface area contributed by atoms with Gasteiger partial charge in [-0.1, -0.05) is 12.1 Å². The van der Waals surface area contributed by atoms with Crippen molar-refractivity contribution in [2.45, 2.75) is 5.41 Å². The Morgan fingerprint density at radius 2 is 1.95 bits per heavy atom. The third-order valence-corrected chi connectivity index (χ3v) is 4.07. The summed E-state index contributed by atoms with van der Waals surface area (Å²) in [7, 11) is 1.15. The molecule has 2 amide bonds. The molecular formula is C13H10N2O6. The topological polar surface area (TPSA) is 116 Å². The number of fused-ring (bicyclic) bond motifs is 1. The van der Waals surface area contributed by atoms with Gasteiger partial charge in [-0.15, -0.1) is 0 Å². The Bertz CT molecular complexity index is 678. The average molecular weight is 290 g/mol. The Morgan fingerprint density at radius 3 is 2.48 bits per heavy atom. The van der Waals surface area contributed by atoms with E-state index in [-0.39, 0.29) is 11.3 Å². The number of imide groups is 1. The van der Waals surface area contributed by atoms with Crippen molar-refractivity contribution in [2.24, 2.45) is 11.8 Å². The van der Waals surface area contributed by atoms with Crippen molar-refractivity contribution in [3.63, 3.8) is 0 Å². The molecule has 1 unspecified atom stereocenters. The smallest absolute Gasteiger partial charge is 0.317 e. The maximum Gasteiger partial charge on any atom is 0.317 e. The number of methoxy groups -OCH3 is 1. The van der Waals surface area contributed by atoms with Crippen LogP contribution in [0.25, 0.3) is 0 Å². The Balaban J connectivity index is 2.14. The normalized spacial score (nSPS) is 29.6. The highest BCUT2D eigenvalue weighted by Crippen LogP contribution is 2.63. The van der Waals surface area contributed by atoms with Crippen LogP contribution in [0.1, 0.15) is 5.56 Å². The lowest BCUT2D eigenvalue weighted by Crippen LogP contribution is -2.39. The summed E-state index contributed by atoms with van der Waals surface area (Å²) in [6.07, 6.45) is 0. The summed E-state index contributed by atoms with van der Waals surface area (Å²) in [5.41, 5.74) is -1.41. The Kier molecular flexibility index (Phi) is 2.59. The molecule has 108 valence electrons. The van der Waals surface area contributed by atoms with Crippen molar-refractivity contribution in [3.8, 4) is 0 Å². The molecule has 2 aliphatic rings. The lowest BCUT2D eigenvalue weighted by atomic mass is 9.89. The van der Waals surface area contributed by atoms with Crippen molar-refractivity contribution in [1.29, 1.82) is 0 Å². The molecule has 0 radical (unpaired) electrons. The highest BCUT2D eigenvalue weighted by Gasteiger charge is 2.80. The van der Waals surface area contributed by atoms with Gasteiger partial charge in [0.2, 0.25) is 11.8 Å². The second-order valence-electron chi connectivity index (χ2n) is 4.98. The van der Waals surface area contributed by atoms with Gasteiger partial charge in [-0.2, -0.15) is 0 Å². The molecule has 1 aliphatic heterocycles. The number of nitro benzene ring substituents is 1. The molecule has 0 bridgehead atoms. The maximum absolute atomic E-state index is 12.2. The summed E-state index contributed by atoms with van der Waals surface area (Å²) in [5.74, 6) is -3.57. The fourth-order valence-corrected chi connectivity index (χ4v) is 3.16. The highest BCUT2D eigenvalue weighted by molar-refractivity contribution is 6.18. The van der Waals surface area contributed by atoms with Gasteiger partial charge in [0.15, 0.2) is 0 Å². The zero-order chi connectivity index (χ0) is 15.4. The van der Waals surface area contributed by atoms with Crippen LogP contribution in [0.5, 0.6) is 0 Å². The van der Waals surface area contributed by atoms with Gasteiger partial charge in [0.05, 0.1) is 23.9 Å². The summed E-state index contributed by atoms with van der Waals surface area (Å²) >= 11 is 0. The minimum Gasteiger partial charge on any atom is -0.468 e. The molecule has 1 N–H and O–H groups in total. The first-order valence-electron chi connectivity index (χ1n) is 6.12. The summed E-state index contributed by atoms with van der Waals surface area (Å²) < 4.78 is 4.72. The molecule has 1 saturated heterocycles. The van der Waals surface area contributed by atoms with E-state index in [1.54, 1.807) is 0 Å². The van der Waals surface area contributed by atoms with Crippen LogP contribution in [0.15, 0.2) is 24.3 Å². The number of nitrogens with one attached hydrogen (secondary N) is 1. The van der Waals surface area contributed by atoms with Gasteiger partial charge in [-0.05, 0) is 5.56 Å². The van der Waals surface area contributed by atoms with Crippen LogP contribution in [0.3, 0.4) is 0 Å². The van der Waals surface area contributed by atoms with E-state index in [1.807, 2.05) is 0 Å². The molecule has 1 aliphatic carbocycles. The van der Waals surface area contributed by atoms with E-state index in [1.165, 1.54) is 24.3 Å². The Hall–Kier alpha value is -2.77. The lowest BCUT2D eigenvalue weighted by molar-refractivity contribution is -0.384. The maximum atomic E-state index is 12.2. The quantitative estimate of drug-likeness (QED) is 0.360. The molecule has 2 fully saturated rings. The number of piperidine rings is 1. The molecule has 8 heteroatoms. The number of nitro groups is 1. The van der Waals surface area contributed by atoms with E-state index in [0.717, 1.165) is 7.11 Å². The number of hydrogen-bond donors (Lipinski definition) is 1. The van der Waals surface area contributed by atoms with Gasteiger partial charge in [0.1, 0.15) is 5.41 Å². The summed E-state index contributed by atoms with van der Waals surface area (Å²) in [6.45, 7) is 0. The molecule has 0 spiro atoms. The number of rotatable bonds is 3. The molecule has 3 atom stereocenters. The van der Waals surface area contributed by atoms with Gasteiger partial charge < -0.3 is 4.74 Å². The van der Waals surface area contributed by atoms with Gasteiger partial charge in [-0.25, -0.2) is 0 Å². The van der Waals surface area contributed by atoms with E-state index in [9.17, 15) is 24.5 Å². The van der Waals surface area contributed by atoms with Crippen LogP contribution in [0.2, 0.25) is 0 Å². The van der Waals surface area contributed by atoms with Crippen molar-refractivity contribution in [3.05, 3.63) is 39.9 Å². The predicted molar refractivity (Wildman–Crippen MR) is 66.9 cm³/mol. The molecule has 8 nitrogen and oxygen atoms in total. The van der Waals surface area contributed by atoms with Crippen LogP contribution in [0.4, 0.5) is 5.69 Å². The van der Waals surface area contributed by atoms with E-state index in [4.69, 9.17) is 4.74 Å². The number of hydrogen-bond acceptors (Lipinski definition) is 6. The van der Waals surface area contributed by atoms with Crippen molar-refractivity contribution < 1.29 is 24.0 Å². The first-order valence-corrected chi connectivity index (χ1v) is 6.12. The highest BCUT2D eigenvalue weighted by atomic mass is 16.6. The van der Waals surface area contributed by atoms with Crippen molar-refractivity contribution >= 4 is 23.5 Å². The molecule has 1 aromatic carbocycles. The van der Waals surface area contributed by atoms with Crippen LogP contribution < -0.4 is 5.32 Å². The zero-order valence-corrected chi connectivity index (χ0v) is 10.9. The van der Waals surface area contributed by atoms with E-state index in [2.05, 4.69) is 5.32 Å². The van der Waals surface area contributed by atoms with E-state index >= 15 is 0 Å². The summed E-state index contributed by atoms with van der Waals surface area (Å²) in [4.78, 5) is 46.0. The largest absolute Gasteiger partial charge is 0.468 e. The number of benzene rings is 1. The first kappa shape index (κ1) is 13.2. The van der Waals surface area contributed by atoms with Crippen molar-refractivity contribution in [2.75, 3.05) is 7.11 Å². The SMILES string of the molecule is COC(=O)C1(c2cccc([N+](=O)[O-])c2)[C@@H]2C(=O)NC(=O)[C@@H]21. The van der Waals surface area contributed by atoms with Gasteiger partial charge >= 0.3 is 5.97 Å². The third-order valence-electron chi connectivity index (χ3n) is 4.07.